The number of rotatable bonds is 4. The minimum Gasteiger partial charge on any atom is -0.387 e. The first-order chi connectivity index (χ1) is 21.9. The lowest BCUT2D eigenvalue weighted by molar-refractivity contribution is -0.343. The van der Waals surface area contributed by atoms with Crippen LogP contribution in [0.1, 0.15) is 11.4 Å². The lowest BCUT2D eigenvalue weighted by Gasteiger charge is -2.51. The van der Waals surface area contributed by atoms with Crippen LogP contribution in [-0.2, 0) is 20.7 Å². The van der Waals surface area contributed by atoms with Crippen LogP contribution in [-0.4, -0.2) is 120 Å². The molecule has 12 atom stereocenters. The van der Waals surface area contributed by atoms with Crippen LogP contribution in [0.5, 0.6) is 0 Å². The maximum Gasteiger partial charge on any atom is 0.206 e. The predicted octanol–water partition coefficient (Wildman–Crippen LogP) is 0.577. The van der Waals surface area contributed by atoms with Gasteiger partial charge in [-0.05, 0) is 24.3 Å². The second-order valence-electron chi connectivity index (χ2n) is 11.1. The van der Waals surface area contributed by atoms with Crippen molar-refractivity contribution in [2.75, 3.05) is 0 Å². The molecule has 19 heteroatoms. The normalized spacial score (nSPS) is 37.4. The van der Waals surface area contributed by atoms with Crippen LogP contribution in [0.25, 0.3) is 21.8 Å². The minimum absolute atomic E-state index is 0.00488. The number of fused-ring (bicyclic) bond motifs is 2. The smallest absolute Gasteiger partial charge is 0.206 e. The van der Waals surface area contributed by atoms with Crippen LogP contribution in [0.2, 0.25) is 10.0 Å². The van der Waals surface area contributed by atoms with Gasteiger partial charge in [0.15, 0.2) is 34.9 Å². The van der Waals surface area contributed by atoms with Crippen molar-refractivity contribution in [2.45, 2.75) is 70.5 Å². The van der Waals surface area contributed by atoms with E-state index in [1.165, 1.54) is 12.1 Å². The van der Waals surface area contributed by atoms with E-state index in [9.17, 15) is 51.1 Å². The van der Waals surface area contributed by atoms with Gasteiger partial charge in [0.05, 0.1) is 32.5 Å². The molecule has 0 aliphatic carbocycles. The summed E-state index contributed by atoms with van der Waals surface area (Å²) in [6, 6.07) is 12.9. The molecule has 2 aromatic carbocycles. The minimum atomic E-state index is -2.76. The molecule has 4 heterocycles. The number of nitrogens with one attached hydrogen (secondary N) is 2. The Morgan fingerprint density at radius 3 is 1.66 bits per heavy atom. The van der Waals surface area contributed by atoms with Gasteiger partial charge in [-0.1, -0.05) is 82.3 Å². The average Bonchev–Trinajstić information content (AvgIpc) is 3.66. The zero-order chi connectivity index (χ0) is 34.8. The molecular formula is C28H29Cl5N2O12. The Hall–Kier alpha value is -1.51. The molecule has 0 amide bonds. The number of aromatic amines is 2. The second-order valence-corrected chi connectivity index (χ2v) is 13.3. The Labute approximate surface area is 289 Å². The molecule has 14 nitrogen and oxygen atoms in total. The molecule has 47 heavy (non-hydrogen) atoms. The van der Waals surface area contributed by atoms with E-state index >= 15 is 0 Å². The van der Waals surface area contributed by atoms with E-state index < -0.39 is 70.5 Å². The van der Waals surface area contributed by atoms with Gasteiger partial charge in [0, 0.05) is 10.8 Å². The maximum atomic E-state index is 11.0. The Balaban J connectivity index is 0.000000185. The number of benzene rings is 2. The van der Waals surface area contributed by atoms with Crippen LogP contribution < -0.4 is 0 Å². The highest BCUT2D eigenvalue weighted by Crippen LogP contribution is 2.49. The third kappa shape index (κ3) is 6.02. The molecule has 2 aromatic heterocycles. The van der Waals surface area contributed by atoms with E-state index in [0.29, 0.717) is 31.9 Å². The largest absolute Gasteiger partial charge is 0.387 e. The summed E-state index contributed by atoms with van der Waals surface area (Å²) in [5.41, 5.74) is -7.78. The number of halogens is 5. The van der Waals surface area contributed by atoms with Gasteiger partial charge in [-0.3, -0.25) is 0 Å². The Bertz CT molecular complexity index is 1740. The summed E-state index contributed by atoms with van der Waals surface area (Å²) in [5, 5.41) is 101. The van der Waals surface area contributed by atoms with Crippen molar-refractivity contribution < 1.29 is 60.5 Å². The monoisotopic (exact) mass is 760 g/mol. The molecule has 258 valence electrons. The zero-order valence-corrected chi connectivity index (χ0v) is 27.3. The number of aliphatic hydroxyl groups is 10. The van der Waals surface area contributed by atoms with E-state index in [2.05, 4.69) is 9.97 Å². The van der Waals surface area contributed by atoms with Gasteiger partial charge < -0.3 is 70.5 Å². The molecule has 0 spiro atoms. The molecular weight excluding hydrogens is 734 g/mol. The Morgan fingerprint density at radius 2 is 1.17 bits per heavy atom. The second kappa shape index (κ2) is 13.3. The standard InChI is InChI=1S/C14H14Cl3NO6.C14H15Cl2NO6/c15-6-3-1-2-5-4-7(18-8(5)6)13(22)9(19)12(21)24-10(11(16)20)14(13,17)23;15-6-3-1-2-5-4-7(17-8(5)6)14(22)10(18)9(12(16)20)23-13(21)11(14)19/h1-4,9-12,18-23H;1-4,9-13,17-22H/t9-,10-,11?,12+,13-,14-;9-,10+,11+,12?,13-,14-/m10/s1. The van der Waals surface area contributed by atoms with Crippen LogP contribution in [0.3, 0.4) is 0 Å². The SMILES string of the molecule is OC(Cl)[C@H]1O[C@H](O)[C@@H](O)[C@](O)(c2cc3cccc(Cl)c3[nH]2)[C@@H]1O.OC(Cl)[C@H]1O[C@H](O)[C@@H](O)[C@](O)(c2cc3cccc(Cl)c3[nH]2)[C@@]1(O)Cl. The highest BCUT2D eigenvalue weighted by atomic mass is 35.5. The van der Waals surface area contributed by atoms with E-state index in [0.717, 1.165) is 0 Å². The molecule has 2 unspecified atom stereocenters. The van der Waals surface area contributed by atoms with Crippen molar-refractivity contribution in [1.29, 1.82) is 0 Å². The summed E-state index contributed by atoms with van der Waals surface area (Å²) in [7, 11) is 0. The molecule has 0 saturated carbocycles. The van der Waals surface area contributed by atoms with E-state index in [1.54, 1.807) is 36.4 Å². The van der Waals surface area contributed by atoms with Gasteiger partial charge in [0.2, 0.25) is 5.06 Å². The summed E-state index contributed by atoms with van der Waals surface area (Å²) in [6.07, 6.45) is -12.9. The van der Waals surface area contributed by atoms with Crippen molar-refractivity contribution in [2.24, 2.45) is 0 Å². The van der Waals surface area contributed by atoms with Gasteiger partial charge in [-0.2, -0.15) is 0 Å². The van der Waals surface area contributed by atoms with Gasteiger partial charge in [0.25, 0.3) is 0 Å². The summed E-state index contributed by atoms with van der Waals surface area (Å²) in [4.78, 5) is 5.58. The highest BCUT2D eigenvalue weighted by molar-refractivity contribution is 6.35. The van der Waals surface area contributed by atoms with Gasteiger partial charge in [0.1, 0.15) is 30.5 Å². The maximum absolute atomic E-state index is 11.0. The Morgan fingerprint density at radius 1 is 0.681 bits per heavy atom. The average molecular weight is 763 g/mol. The number of alkyl halides is 3. The third-order valence-electron chi connectivity index (χ3n) is 8.25. The van der Waals surface area contributed by atoms with E-state index in [4.69, 9.17) is 67.5 Å². The highest BCUT2D eigenvalue weighted by Gasteiger charge is 2.67. The molecule has 6 rings (SSSR count). The summed E-state index contributed by atoms with van der Waals surface area (Å²) in [5.74, 6) is 0. The fraction of sp³-hybridized carbons (Fsp3) is 0.429. The first kappa shape index (κ1) is 36.8. The lowest BCUT2D eigenvalue weighted by Crippen LogP contribution is -2.71. The van der Waals surface area contributed by atoms with Crippen molar-refractivity contribution in [1.82, 2.24) is 9.97 Å². The van der Waals surface area contributed by atoms with Crippen LogP contribution in [0.15, 0.2) is 48.5 Å². The molecule has 2 aliphatic heterocycles. The summed E-state index contributed by atoms with van der Waals surface area (Å²) in [6.45, 7) is 0. The van der Waals surface area contributed by atoms with Crippen molar-refractivity contribution in [3.8, 4) is 0 Å². The quantitative estimate of drug-likeness (QED) is 0.128. The zero-order valence-electron chi connectivity index (χ0n) is 23.5. The number of hydrogen-bond acceptors (Lipinski definition) is 12. The van der Waals surface area contributed by atoms with Gasteiger partial charge in [-0.25, -0.2) is 0 Å². The van der Waals surface area contributed by atoms with Crippen molar-refractivity contribution in [3.05, 3.63) is 70.0 Å². The third-order valence-corrected chi connectivity index (χ3v) is 9.86. The molecule has 0 radical (unpaired) electrons. The fourth-order valence-electron chi connectivity index (χ4n) is 5.69. The predicted molar refractivity (Wildman–Crippen MR) is 169 cm³/mol. The lowest BCUT2D eigenvalue weighted by atomic mass is 9.80. The van der Waals surface area contributed by atoms with Gasteiger partial charge in [-0.15, -0.1) is 0 Å². The van der Waals surface area contributed by atoms with Crippen LogP contribution >= 0.6 is 58.0 Å². The molecule has 2 saturated heterocycles. The molecule has 2 aliphatic rings. The van der Waals surface area contributed by atoms with Crippen LogP contribution in [0.4, 0.5) is 0 Å². The first-order valence-electron chi connectivity index (χ1n) is 13.6. The molecule has 2 fully saturated rings. The molecule has 4 aromatic rings. The molecule has 12 N–H and O–H groups in total. The molecule has 0 bridgehead atoms. The number of H-pyrrole nitrogens is 2. The number of aliphatic hydroxyl groups excluding tert-OH is 7. The Kier molecular flexibility index (Phi) is 10.4. The topological polar surface area (TPSA) is 252 Å². The number of ether oxygens (including phenoxy) is 2. The summed E-state index contributed by atoms with van der Waals surface area (Å²) >= 11 is 29.2. The van der Waals surface area contributed by atoms with E-state index in [-0.39, 0.29) is 11.4 Å². The van der Waals surface area contributed by atoms with Crippen molar-refractivity contribution in [3.63, 3.8) is 0 Å². The summed E-state index contributed by atoms with van der Waals surface area (Å²) < 4.78 is 9.69. The number of aromatic nitrogens is 2. The fourth-order valence-corrected chi connectivity index (χ4v) is 7.03. The number of para-hydroxylation sites is 2. The van der Waals surface area contributed by atoms with Crippen LogP contribution in [0, 0.1) is 0 Å². The van der Waals surface area contributed by atoms with Crippen molar-refractivity contribution >= 4 is 79.8 Å². The number of hydrogen-bond donors (Lipinski definition) is 12. The van der Waals surface area contributed by atoms with Gasteiger partial charge >= 0.3 is 0 Å². The van der Waals surface area contributed by atoms with E-state index in [1.807, 2.05) is 0 Å². The first-order valence-corrected chi connectivity index (χ1v) is 15.6.